The van der Waals surface area contributed by atoms with Crippen LogP contribution in [0.5, 0.6) is 0 Å². The molecule has 96 valence electrons. The summed E-state index contributed by atoms with van der Waals surface area (Å²) in [5, 5.41) is 10.4. The van der Waals surface area contributed by atoms with E-state index in [1.54, 1.807) is 6.07 Å². The van der Waals surface area contributed by atoms with Gasteiger partial charge in [0.15, 0.2) is 4.34 Å². The molecule has 0 unspecified atom stereocenters. The van der Waals surface area contributed by atoms with Crippen LogP contribution in [0, 0.1) is 0 Å². The van der Waals surface area contributed by atoms with Crippen molar-refractivity contribution in [1.82, 2.24) is 15.2 Å². The Morgan fingerprint density at radius 1 is 1.17 bits per heavy atom. The van der Waals surface area contributed by atoms with Gasteiger partial charge in [-0.25, -0.2) is 4.98 Å². The number of rotatable bonds is 3. The zero-order chi connectivity index (χ0) is 13.3. The van der Waals surface area contributed by atoms with E-state index in [4.69, 9.17) is 34.8 Å². The monoisotopic (exact) mass is 340 g/mol. The zero-order valence-corrected chi connectivity index (χ0v) is 13.2. The van der Waals surface area contributed by atoms with E-state index in [2.05, 4.69) is 15.2 Å². The molecule has 0 aliphatic carbocycles. The molecule has 0 amide bonds. The first-order valence-corrected chi connectivity index (χ1v) is 7.44. The molecule has 0 radical (unpaired) electrons. The summed E-state index contributed by atoms with van der Waals surface area (Å²) in [5.41, 5.74) is 0. The number of aromatic nitrogens is 3. The summed E-state index contributed by atoms with van der Waals surface area (Å²) in [6, 6.07) is 1.56. The largest absolute Gasteiger partial charge is 0.353 e. The summed E-state index contributed by atoms with van der Waals surface area (Å²) >= 11 is 20.5. The summed E-state index contributed by atoms with van der Waals surface area (Å²) in [4.78, 5) is 5.99. The van der Waals surface area contributed by atoms with E-state index in [1.165, 1.54) is 23.1 Å². The second-order valence-corrected chi connectivity index (χ2v) is 6.76. The highest BCUT2D eigenvalue weighted by atomic mass is 35.5. The van der Waals surface area contributed by atoms with E-state index in [-0.39, 0.29) is 5.15 Å². The molecule has 0 spiro atoms. The average molecular weight is 342 g/mol. The number of anilines is 1. The maximum Gasteiger partial charge on any atom is 0.208 e. The number of hydrogen-bond acceptors (Lipinski definition) is 6. The lowest BCUT2D eigenvalue weighted by molar-refractivity contribution is 0.970. The molecule has 0 saturated heterocycles. The highest BCUT2D eigenvalue weighted by molar-refractivity contribution is 8.01. The minimum Gasteiger partial charge on any atom is -0.353 e. The lowest BCUT2D eigenvalue weighted by atomic mass is 10.5. The van der Waals surface area contributed by atoms with Crippen LogP contribution in [0.3, 0.4) is 0 Å². The van der Waals surface area contributed by atoms with Gasteiger partial charge in [-0.05, 0) is 17.8 Å². The molecule has 0 bridgehead atoms. The van der Waals surface area contributed by atoms with Crippen molar-refractivity contribution in [3.63, 3.8) is 0 Å². The standard InChI is InChI=1S/C9H7Cl3N4S2/c1-16(2)8-14-15-9(18-8)17-7-5(11)3-4(10)6(12)13-7/h3H,1-2H3. The number of hydrogen-bond donors (Lipinski definition) is 0. The summed E-state index contributed by atoms with van der Waals surface area (Å²) in [7, 11) is 3.80. The van der Waals surface area contributed by atoms with Crippen molar-refractivity contribution >= 4 is 63.0 Å². The topological polar surface area (TPSA) is 41.9 Å². The zero-order valence-electron chi connectivity index (χ0n) is 9.32. The highest BCUT2D eigenvalue weighted by Gasteiger charge is 2.13. The van der Waals surface area contributed by atoms with Gasteiger partial charge in [-0.2, -0.15) is 0 Å². The fourth-order valence-electron chi connectivity index (χ4n) is 1.01. The molecule has 0 aliphatic rings. The van der Waals surface area contributed by atoms with E-state index in [1.807, 2.05) is 19.0 Å². The van der Waals surface area contributed by atoms with Gasteiger partial charge >= 0.3 is 0 Å². The molecule has 2 aromatic rings. The molecule has 0 N–H and O–H groups in total. The van der Waals surface area contributed by atoms with Crippen LogP contribution in [-0.2, 0) is 0 Å². The van der Waals surface area contributed by atoms with Gasteiger partial charge in [-0.1, -0.05) is 46.1 Å². The summed E-state index contributed by atoms with van der Waals surface area (Å²) in [5.74, 6) is 0. The maximum absolute atomic E-state index is 6.04. The van der Waals surface area contributed by atoms with Gasteiger partial charge in [0, 0.05) is 14.1 Å². The van der Waals surface area contributed by atoms with E-state index >= 15 is 0 Å². The fourth-order valence-corrected chi connectivity index (χ4v) is 3.34. The van der Waals surface area contributed by atoms with E-state index in [0.717, 1.165) is 9.47 Å². The normalized spacial score (nSPS) is 10.7. The van der Waals surface area contributed by atoms with Crippen LogP contribution in [0.4, 0.5) is 5.13 Å². The molecule has 9 heteroatoms. The third kappa shape index (κ3) is 3.19. The molecule has 0 aromatic carbocycles. The van der Waals surface area contributed by atoms with Gasteiger partial charge in [0.1, 0.15) is 10.2 Å². The minimum atomic E-state index is 0.223. The van der Waals surface area contributed by atoms with E-state index in [0.29, 0.717) is 15.1 Å². The summed E-state index contributed by atoms with van der Waals surface area (Å²) in [6.45, 7) is 0. The smallest absolute Gasteiger partial charge is 0.208 e. The van der Waals surface area contributed by atoms with Crippen molar-refractivity contribution in [2.75, 3.05) is 19.0 Å². The maximum atomic E-state index is 6.04. The Labute approximate surface area is 127 Å². The molecule has 0 aliphatic heterocycles. The molecule has 4 nitrogen and oxygen atoms in total. The van der Waals surface area contributed by atoms with Crippen LogP contribution in [0.15, 0.2) is 15.4 Å². The number of halogens is 3. The molecule has 0 saturated carbocycles. The van der Waals surface area contributed by atoms with Crippen molar-refractivity contribution in [3.05, 3.63) is 21.3 Å². The molecule has 0 atom stereocenters. The van der Waals surface area contributed by atoms with Crippen LogP contribution in [-0.4, -0.2) is 29.3 Å². The first-order valence-electron chi connectivity index (χ1n) is 4.67. The lowest BCUT2D eigenvalue weighted by Gasteiger charge is -2.04. The second kappa shape index (κ2) is 5.79. The third-order valence-electron chi connectivity index (χ3n) is 1.82. The van der Waals surface area contributed by atoms with Crippen molar-refractivity contribution < 1.29 is 0 Å². The molecule has 2 heterocycles. The highest BCUT2D eigenvalue weighted by Crippen LogP contribution is 2.37. The van der Waals surface area contributed by atoms with Crippen molar-refractivity contribution in [2.45, 2.75) is 9.37 Å². The van der Waals surface area contributed by atoms with Gasteiger partial charge in [0.05, 0.1) is 10.0 Å². The molecule has 18 heavy (non-hydrogen) atoms. The SMILES string of the molecule is CN(C)c1nnc(Sc2nc(Cl)c(Cl)cc2Cl)s1. The fraction of sp³-hybridized carbons (Fsp3) is 0.222. The first kappa shape index (κ1) is 14.1. The molecule has 2 rings (SSSR count). The quantitative estimate of drug-likeness (QED) is 0.786. The Bertz CT molecular complexity index is 573. The first-order chi connectivity index (χ1) is 8.47. The second-order valence-electron chi connectivity index (χ2n) is 3.40. The third-order valence-corrected chi connectivity index (χ3v) is 5.04. The van der Waals surface area contributed by atoms with Crippen LogP contribution in [0.2, 0.25) is 15.2 Å². The van der Waals surface area contributed by atoms with Gasteiger partial charge in [0.2, 0.25) is 5.13 Å². The predicted molar refractivity (Wildman–Crippen MR) is 77.6 cm³/mol. The molecule has 0 fully saturated rings. The van der Waals surface area contributed by atoms with Gasteiger partial charge in [0.25, 0.3) is 0 Å². The Morgan fingerprint density at radius 3 is 2.50 bits per heavy atom. The van der Waals surface area contributed by atoms with E-state index < -0.39 is 0 Å². The minimum absolute atomic E-state index is 0.223. The summed E-state index contributed by atoms with van der Waals surface area (Å²) < 4.78 is 0.742. The molecular formula is C9H7Cl3N4S2. The van der Waals surface area contributed by atoms with E-state index in [9.17, 15) is 0 Å². The summed E-state index contributed by atoms with van der Waals surface area (Å²) in [6.07, 6.45) is 0. The number of nitrogens with zero attached hydrogens (tertiary/aromatic N) is 4. The van der Waals surface area contributed by atoms with Crippen molar-refractivity contribution in [1.29, 1.82) is 0 Å². The van der Waals surface area contributed by atoms with Crippen molar-refractivity contribution in [2.24, 2.45) is 0 Å². The van der Waals surface area contributed by atoms with Gasteiger partial charge in [-0.3, -0.25) is 0 Å². The Kier molecular flexibility index (Phi) is 4.55. The lowest BCUT2D eigenvalue weighted by Crippen LogP contribution is -2.07. The van der Waals surface area contributed by atoms with Crippen LogP contribution in [0.1, 0.15) is 0 Å². The Hall–Kier alpha value is -0.270. The van der Waals surface area contributed by atoms with Crippen molar-refractivity contribution in [3.8, 4) is 0 Å². The van der Waals surface area contributed by atoms with Crippen LogP contribution >= 0.6 is 57.9 Å². The molecular weight excluding hydrogens is 335 g/mol. The number of pyridine rings is 1. The Balaban J connectivity index is 2.25. The molecule has 2 aromatic heterocycles. The van der Waals surface area contributed by atoms with Crippen LogP contribution < -0.4 is 4.90 Å². The average Bonchev–Trinajstić information content (AvgIpc) is 2.74. The Morgan fingerprint density at radius 2 is 1.89 bits per heavy atom. The van der Waals surface area contributed by atoms with Gasteiger partial charge < -0.3 is 4.90 Å². The van der Waals surface area contributed by atoms with Crippen LogP contribution in [0.25, 0.3) is 0 Å². The predicted octanol–water partition coefficient (Wildman–Crippen LogP) is 4.11. The van der Waals surface area contributed by atoms with Gasteiger partial charge in [-0.15, -0.1) is 10.2 Å².